The first kappa shape index (κ1) is 102. The molecule has 3 N–H and O–H groups in total. The third-order valence-corrected chi connectivity index (χ3v) is 18.6. The van der Waals surface area contributed by atoms with Crippen LogP contribution in [0.1, 0.15) is 310 Å². The van der Waals surface area contributed by atoms with Gasteiger partial charge in [-0.3, -0.25) is 37.3 Å². The highest BCUT2D eigenvalue weighted by molar-refractivity contribution is 7.47. The van der Waals surface area contributed by atoms with Gasteiger partial charge in [0.15, 0.2) is 12.2 Å². The molecule has 0 aliphatic rings. The van der Waals surface area contributed by atoms with Crippen molar-refractivity contribution in [2.75, 3.05) is 39.6 Å². The van der Waals surface area contributed by atoms with Crippen LogP contribution in [0.25, 0.3) is 0 Å². The molecule has 0 saturated heterocycles. The number of esters is 4. The van der Waals surface area contributed by atoms with E-state index in [1.54, 1.807) is 0 Å². The highest BCUT2D eigenvalue weighted by Gasteiger charge is 2.30. The summed E-state index contributed by atoms with van der Waals surface area (Å²) >= 11 is 0. The van der Waals surface area contributed by atoms with Crippen LogP contribution in [-0.4, -0.2) is 96.7 Å². The summed E-state index contributed by atoms with van der Waals surface area (Å²) in [7, 11) is -10.0. The molecule has 0 rings (SSSR count). The molecule has 0 saturated carbocycles. The lowest BCUT2D eigenvalue weighted by molar-refractivity contribution is -0.161. The average molecular weight is 1550 g/mol. The van der Waals surface area contributed by atoms with Crippen molar-refractivity contribution in [3.05, 3.63) is 170 Å². The van der Waals surface area contributed by atoms with Crippen LogP contribution in [-0.2, 0) is 65.4 Å². The largest absolute Gasteiger partial charge is 0.472 e. The fourth-order valence-electron chi connectivity index (χ4n) is 10.4. The van der Waals surface area contributed by atoms with Crippen LogP contribution >= 0.6 is 15.6 Å². The van der Waals surface area contributed by atoms with Crippen molar-refractivity contribution in [1.82, 2.24) is 0 Å². The van der Waals surface area contributed by atoms with E-state index < -0.39 is 97.5 Å². The number of hydrogen-bond donors (Lipinski definition) is 3. The SMILES string of the molecule is CC/C=C\C/C=C\C/C=C\C/C=C\C/C=C\C/C=C\CCC(=O)OCC(COP(=O)(O)OCC(O)COP(=O)(O)OCC(COC(=O)CCCC/C=C\C/C=C\C/C=C\C/C=C\CC)OC(=O)CCCCCCC/C=C\CCCCCCCC)OC(=O)CCCCCCCC/C=C\C/C=C\C/C=C\CCCCC. The molecule has 0 aliphatic heterocycles. The zero-order valence-electron chi connectivity index (χ0n) is 67.2. The van der Waals surface area contributed by atoms with Crippen molar-refractivity contribution in [3.8, 4) is 0 Å². The van der Waals surface area contributed by atoms with Crippen molar-refractivity contribution in [2.45, 2.75) is 329 Å². The Balaban J connectivity index is 5.50. The van der Waals surface area contributed by atoms with E-state index in [4.69, 9.17) is 37.0 Å². The molecule has 0 aromatic heterocycles. The zero-order valence-corrected chi connectivity index (χ0v) is 69.0. The lowest BCUT2D eigenvalue weighted by Crippen LogP contribution is -2.30. The van der Waals surface area contributed by atoms with E-state index in [1.807, 2.05) is 18.2 Å². The molecule has 0 heterocycles. The Bertz CT molecular complexity index is 2710. The minimum Gasteiger partial charge on any atom is -0.462 e. The standard InChI is InChI=1S/C89H146O17P2/c1-5-9-13-17-21-25-29-33-37-39-41-43-47-50-54-58-62-66-70-74-87(92)100-80-85(106-89(94)76-72-68-64-60-56-52-48-44-42-40-38-34-30-26-22-18-14-10-6-2)82-104-108(97,98)102-78-83(90)77-101-107(95,96)103-81-84(105-88(93)75-71-67-63-59-55-51-46-36-32-28-24-20-16-12-8-4)79-99-86(91)73-69-65-61-57-53-49-45-35-31-27-23-19-15-11-7-3/h9,11,13,15,21-23,25-27,33-38,41-46,50,53-54,57,62,66,83-85,90H,5-8,10,12,14,16-20,24,28-32,39-40,47-49,51-52,55-56,58-61,63-65,67-82H2,1-4H3,(H,95,96)(H,97,98)/b13-9-,15-11-,25-21-,26-22-,27-23-,37-33-,38-34-,43-41-,44-42-,45-35-,46-36-,54-50-,57-53-,66-62-. The van der Waals surface area contributed by atoms with Crippen LogP contribution in [0.4, 0.5) is 0 Å². The molecule has 17 nitrogen and oxygen atoms in total. The van der Waals surface area contributed by atoms with Crippen LogP contribution in [0, 0.1) is 0 Å². The van der Waals surface area contributed by atoms with Gasteiger partial charge in [-0.05, 0) is 167 Å². The summed E-state index contributed by atoms with van der Waals surface area (Å²) in [6, 6.07) is 0. The number of allylic oxidation sites excluding steroid dienone is 28. The molecule has 19 heteroatoms. The first-order chi connectivity index (χ1) is 52.7. The summed E-state index contributed by atoms with van der Waals surface area (Å²) < 4.78 is 68.6. The van der Waals surface area contributed by atoms with E-state index in [9.17, 15) is 43.2 Å². The predicted octanol–water partition coefficient (Wildman–Crippen LogP) is 24.6. The van der Waals surface area contributed by atoms with Gasteiger partial charge in [-0.2, -0.15) is 0 Å². The second kappa shape index (κ2) is 79.5. The maximum absolute atomic E-state index is 13.1. The summed E-state index contributed by atoms with van der Waals surface area (Å²) in [5.41, 5.74) is 0. The van der Waals surface area contributed by atoms with Gasteiger partial charge in [0.2, 0.25) is 0 Å². The normalized spacial score (nSPS) is 14.7. The van der Waals surface area contributed by atoms with E-state index >= 15 is 0 Å². The van der Waals surface area contributed by atoms with Crippen LogP contribution in [0.2, 0.25) is 0 Å². The highest BCUT2D eigenvalue weighted by atomic mass is 31.2. The van der Waals surface area contributed by atoms with Gasteiger partial charge in [-0.25, -0.2) is 9.13 Å². The molecule has 0 aromatic rings. The number of phosphoric acid groups is 2. The molecule has 5 atom stereocenters. The van der Waals surface area contributed by atoms with E-state index in [2.05, 4.69) is 180 Å². The van der Waals surface area contributed by atoms with Crippen molar-refractivity contribution in [1.29, 1.82) is 0 Å². The fourth-order valence-corrected chi connectivity index (χ4v) is 12.0. The molecule has 614 valence electrons. The molecule has 5 unspecified atom stereocenters. The second-order valence-electron chi connectivity index (χ2n) is 26.9. The molecule has 0 bridgehead atoms. The topological polar surface area (TPSA) is 237 Å². The summed E-state index contributed by atoms with van der Waals surface area (Å²) in [5.74, 6) is -2.35. The monoisotopic (exact) mass is 1550 g/mol. The molecule has 0 radical (unpaired) electrons. The molecular weight excluding hydrogens is 1400 g/mol. The van der Waals surface area contributed by atoms with Gasteiger partial charge in [0, 0.05) is 25.7 Å². The van der Waals surface area contributed by atoms with Crippen LogP contribution < -0.4 is 0 Å². The Morgan fingerprint density at radius 3 is 0.843 bits per heavy atom. The van der Waals surface area contributed by atoms with Crippen LogP contribution in [0.5, 0.6) is 0 Å². The van der Waals surface area contributed by atoms with Crippen LogP contribution in [0.15, 0.2) is 170 Å². The number of phosphoric ester groups is 2. The molecule has 0 aliphatic carbocycles. The average Bonchev–Trinajstić information content (AvgIpc) is 0.896. The van der Waals surface area contributed by atoms with Crippen molar-refractivity contribution in [3.63, 3.8) is 0 Å². The number of carbonyl (C=O) groups excluding carboxylic acids is 4. The van der Waals surface area contributed by atoms with Crippen molar-refractivity contribution >= 4 is 39.5 Å². The minimum absolute atomic E-state index is 0.0266. The number of aliphatic hydroxyl groups is 1. The Morgan fingerprint density at radius 2 is 0.500 bits per heavy atom. The van der Waals surface area contributed by atoms with Crippen molar-refractivity contribution in [2.24, 2.45) is 0 Å². The predicted molar refractivity (Wildman–Crippen MR) is 445 cm³/mol. The van der Waals surface area contributed by atoms with Gasteiger partial charge in [-0.15, -0.1) is 0 Å². The maximum atomic E-state index is 13.1. The third kappa shape index (κ3) is 78.5. The summed E-state index contributed by atoms with van der Waals surface area (Å²) in [6.45, 7) is 4.46. The zero-order chi connectivity index (χ0) is 78.9. The number of rotatable bonds is 76. The summed E-state index contributed by atoms with van der Waals surface area (Å²) in [6.07, 6.45) is 94.8. The number of hydrogen-bond acceptors (Lipinski definition) is 15. The van der Waals surface area contributed by atoms with E-state index in [0.717, 1.165) is 167 Å². The third-order valence-electron chi connectivity index (χ3n) is 16.7. The minimum atomic E-state index is -5.01. The molecule has 0 spiro atoms. The lowest BCUT2D eigenvalue weighted by Gasteiger charge is -2.21. The van der Waals surface area contributed by atoms with Gasteiger partial charge in [0.1, 0.15) is 19.3 Å². The quantitative estimate of drug-likeness (QED) is 0.0169. The number of aliphatic hydroxyl groups excluding tert-OH is 1. The van der Waals surface area contributed by atoms with Gasteiger partial charge in [-0.1, -0.05) is 288 Å². The smallest absolute Gasteiger partial charge is 0.462 e. The first-order valence-electron chi connectivity index (χ1n) is 41.4. The number of carbonyl (C=O) groups is 4. The molecular formula is C89H146O17P2. The van der Waals surface area contributed by atoms with Crippen LogP contribution in [0.3, 0.4) is 0 Å². The summed E-state index contributed by atoms with van der Waals surface area (Å²) in [5, 5.41) is 10.7. The Kier molecular flexibility index (Phi) is 75.4. The highest BCUT2D eigenvalue weighted by Crippen LogP contribution is 2.45. The summed E-state index contributed by atoms with van der Waals surface area (Å²) in [4.78, 5) is 73.1. The van der Waals surface area contributed by atoms with Gasteiger partial charge >= 0.3 is 39.5 Å². The Labute approximate surface area is 654 Å². The Hall–Kier alpha value is -5.58. The second-order valence-corrected chi connectivity index (χ2v) is 29.8. The lowest BCUT2D eigenvalue weighted by atomic mass is 10.1. The number of ether oxygens (including phenoxy) is 4. The van der Waals surface area contributed by atoms with E-state index in [-0.39, 0.29) is 25.7 Å². The maximum Gasteiger partial charge on any atom is 0.472 e. The van der Waals surface area contributed by atoms with E-state index in [1.165, 1.54) is 57.8 Å². The number of unbranched alkanes of at least 4 members (excludes halogenated alkanes) is 22. The molecule has 0 amide bonds. The van der Waals surface area contributed by atoms with Gasteiger partial charge in [0.25, 0.3) is 0 Å². The van der Waals surface area contributed by atoms with Crippen molar-refractivity contribution < 1.29 is 80.2 Å². The molecule has 0 fully saturated rings. The first-order valence-corrected chi connectivity index (χ1v) is 44.4. The molecule has 0 aromatic carbocycles. The fraction of sp³-hybridized carbons (Fsp3) is 0.640. The Morgan fingerprint density at radius 1 is 0.269 bits per heavy atom. The van der Waals surface area contributed by atoms with Gasteiger partial charge < -0.3 is 33.8 Å². The molecule has 108 heavy (non-hydrogen) atoms. The van der Waals surface area contributed by atoms with E-state index in [0.29, 0.717) is 32.1 Å². The van der Waals surface area contributed by atoms with Gasteiger partial charge in [0.05, 0.1) is 26.4 Å².